The van der Waals surface area contributed by atoms with E-state index in [9.17, 15) is 9.59 Å². The topological polar surface area (TPSA) is 100 Å². The van der Waals surface area contributed by atoms with Crippen molar-refractivity contribution in [2.24, 2.45) is 5.73 Å². The first-order chi connectivity index (χ1) is 12.2. The van der Waals surface area contributed by atoms with Gasteiger partial charge in [0.1, 0.15) is 10.7 Å². The van der Waals surface area contributed by atoms with Gasteiger partial charge in [-0.05, 0) is 25.0 Å². The summed E-state index contributed by atoms with van der Waals surface area (Å²) in [6.45, 7) is 1.55. The van der Waals surface area contributed by atoms with Crippen LogP contribution in [0.3, 0.4) is 0 Å². The quantitative estimate of drug-likeness (QED) is 0.740. The maximum absolute atomic E-state index is 12.3. The lowest BCUT2D eigenvalue weighted by atomic mass is 10.1. The lowest BCUT2D eigenvalue weighted by Crippen LogP contribution is -2.47. The number of carbonyl (C=O) groups is 2. The summed E-state index contributed by atoms with van der Waals surface area (Å²) in [5.41, 5.74) is 6.71. The minimum Gasteiger partial charge on any atom is -0.348 e. The van der Waals surface area contributed by atoms with E-state index in [2.05, 4.69) is 15.6 Å². The summed E-state index contributed by atoms with van der Waals surface area (Å²) in [4.78, 5) is 30.4. The molecule has 9 heteroatoms. The molecular weight excluding hydrogens is 374 g/mol. The van der Waals surface area contributed by atoms with Gasteiger partial charge in [-0.25, -0.2) is 9.78 Å². The molecule has 0 radical (unpaired) electrons. The van der Waals surface area contributed by atoms with Gasteiger partial charge < -0.3 is 21.3 Å². The molecular formula is C17H22ClN5O2S. The molecule has 140 valence electrons. The molecule has 26 heavy (non-hydrogen) atoms. The summed E-state index contributed by atoms with van der Waals surface area (Å²) < 4.78 is 0. The van der Waals surface area contributed by atoms with Gasteiger partial charge in [-0.15, -0.1) is 23.7 Å². The molecule has 0 bridgehead atoms. The highest BCUT2D eigenvalue weighted by Gasteiger charge is 2.24. The Morgan fingerprint density at radius 1 is 1.23 bits per heavy atom. The van der Waals surface area contributed by atoms with Crippen molar-refractivity contribution in [1.29, 1.82) is 0 Å². The molecule has 1 saturated heterocycles. The fraction of sp³-hybridized carbons (Fsp3) is 0.353. The van der Waals surface area contributed by atoms with Gasteiger partial charge in [0, 0.05) is 36.7 Å². The lowest BCUT2D eigenvalue weighted by molar-refractivity contribution is 0.0914. The Morgan fingerprint density at radius 3 is 2.54 bits per heavy atom. The van der Waals surface area contributed by atoms with Gasteiger partial charge in [-0.1, -0.05) is 18.2 Å². The molecule has 1 fully saturated rings. The summed E-state index contributed by atoms with van der Waals surface area (Å²) in [7, 11) is 0. The Labute approximate surface area is 162 Å². The minimum absolute atomic E-state index is 0. The molecule has 1 aliphatic heterocycles. The molecule has 2 aromatic rings. The van der Waals surface area contributed by atoms with E-state index in [1.807, 2.05) is 30.3 Å². The minimum atomic E-state index is -0.178. The van der Waals surface area contributed by atoms with Gasteiger partial charge >= 0.3 is 6.03 Å². The molecule has 0 unspecified atom stereocenters. The highest BCUT2D eigenvalue weighted by Crippen LogP contribution is 2.15. The lowest BCUT2D eigenvalue weighted by Gasteiger charge is -2.32. The Morgan fingerprint density at radius 2 is 1.92 bits per heavy atom. The molecule has 0 saturated carbocycles. The van der Waals surface area contributed by atoms with Gasteiger partial charge in [0.25, 0.3) is 5.91 Å². The maximum atomic E-state index is 12.3. The van der Waals surface area contributed by atoms with E-state index in [1.54, 1.807) is 10.3 Å². The summed E-state index contributed by atoms with van der Waals surface area (Å²) in [5.74, 6) is -0.178. The van der Waals surface area contributed by atoms with Crippen molar-refractivity contribution in [3.05, 3.63) is 46.4 Å². The Bertz CT molecular complexity index is 732. The maximum Gasteiger partial charge on any atom is 0.321 e. The van der Waals surface area contributed by atoms with Crippen molar-refractivity contribution in [2.75, 3.05) is 18.4 Å². The standard InChI is InChI=1S/C17H21N5O2S.ClH/c18-10-15-21-14(11-25-15)16(23)19-13-6-8-22(9-7-13)17(24)20-12-4-2-1-3-5-12;/h1-5,11,13H,6-10,18H2,(H,19,23)(H,20,24);1H. The van der Waals surface area contributed by atoms with Crippen molar-refractivity contribution in [3.63, 3.8) is 0 Å². The first-order valence-electron chi connectivity index (χ1n) is 8.22. The number of amides is 3. The normalized spacial score (nSPS) is 14.4. The monoisotopic (exact) mass is 395 g/mol. The van der Waals surface area contributed by atoms with Crippen molar-refractivity contribution in [3.8, 4) is 0 Å². The van der Waals surface area contributed by atoms with Crippen LogP contribution in [0.2, 0.25) is 0 Å². The Kier molecular flexibility index (Phi) is 7.38. The number of piperidine rings is 1. The molecule has 0 spiro atoms. The zero-order valence-electron chi connectivity index (χ0n) is 14.2. The molecule has 4 N–H and O–H groups in total. The van der Waals surface area contributed by atoms with Crippen molar-refractivity contribution < 1.29 is 9.59 Å². The van der Waals surface area contributed by atoms with Crippen LogP contribution >= 0.6 is 23.7 Å². The second-order valence-electron chi connectivity index (χ2n) is 5.86. The Hall–Kier alpha value is -2.16. The number of thiazole rings is 1. The van der Waals surface area contributed by atoms with Gasteiger partial charge in [0.15, 0.2) is 0 Å². The highest BCUT2D eigenvalue weighted by atomic mass is 35.5. The Balaban J connectivity index is 0.00000243. The molecule has 1 aromatic carbocycles. The van der Waals surface area contributed by atoms with E-state index in [-0.39, 0.29) is 30.4 Å². The van der Waals surface area contributed by atoms with Gasteiger partial charge in [0.2, 0.25) is 0 Å². The number of nitrogens with two attached hydrogens (primary N) is 1. The molecule has 1 aliphatic rings. The number of aromatic nitrogens is 1. The number of benzene rings is 1. The SMILES string of the molecule is Cl.NCc1nc(C(=O)NC2CCN(C(=O)Nc3ccccc3)CC2)cs1. The fourth-order valence-electron chi connectivity index (χ4n) is 2.72. The number of anilines is 1. The van der Waals surface area contributed by atoms with Crippen LogP contribution in [0, 0.1) is 0 Å². The van der Waals surface area contributed by atoms with E-state index in [0.29, 0.717) is 25.3 Å². The zero-order valence-corrected chi connectivity index (χ0v) is 15.8. The number of halogens is 1. The molecule has 0 aliphatic carbocycles. The predicted octanol–water partition coefficient (Wildman–Crippen LogP) is 2.45. The van der Waals surface area contributed by atoms with E-state index < -0.39 is 0 Å². The smallest absolute Gasteiger partial charge is 0.321 e. The highest BCUT2D eigenvalue weighted by molar-refractivity contribution is 7.09. The second kappa shape index (κ2) is 9.51. The molecule has 3 rings (SSSR count). The second-order valence-corrected chi connectivity index (χ2v) is 6.80. The third kappa shape index (κ3) is 5.17. The number of nitrogens with one attached hydrogen (secondary N) is 2. The van der Waals surface area contributed by atoms with E-state index in [1.165, 1.54) is 11.3 Å². The number of hydrogen-bond acceptors (Lipinski definition) is 5. The summed E-state index contributed by atoms with van der Waals surface area (Å²) in [5, 5.41) is 8.34. The van der Waals surface area contributed by atoms with Crippen molar-refractivity contribution in [2.45, 2.75) is 25.4 Å². The van der Waals surface area contributed by atoms with Crippen LogP contribution < -0.4 is 16.4 Å². The number of rotatable bonds is 4. The largest absolute Gasteiger partial charge is 0.348 e. The van der Waals surface area contributed by atoms with Crippen molar-refractivity contribution in [1.82, 2.24) is 15.2 Å². The van der Waals surface area contributed by atoms with E-state index in [0.717, 1.165) is 23.5 Å². The first-order valence-corrected chi connectivity index (χ1v) is 9.10. The molecule has 1 aromatic heterocycles. The molecule has 7 nitrogen and oxygen atoms in total. The number of likely N-dealkylation sites (tertiary alicyclic amines) is 1. The van der Waals surface area contributed by atoms with Crippen LogP contribution in [0.4, 0.5) is 10.5 Å². The van der Waals surface area contributed by atoms with Crippen LogP contribution in [0.1, 0.15) is 28.3 Å². The average molecular weight is 396 g/mol. The summed E-state index contributed by atoms with van der Waals surface area (Å²) >= 11 is 1.39. The number of para-hydroxylation sites is 1. The fourth-order valence-corrected chi connectivity index (χ4v) is 3.37. The van der Waals surface area contributed by atoms with E-state index >= 15 is 0 Å². The number of carbonyl (C=O) groups excluding carboxylic acids is 2. The van der Waals surface area contributed by atoms with Crippen LogP contribution in [-0.2, 0) is 6.54 Å². The molecule has 2 heterocycles. The van der Waals surface area contributed by atoms with Crippen molar-refractivity contribution >= 4 is 41.4 Å². The van der Waals surface area contributed by atoms with E-state index in [4.69, 9.17) is 5.73 Å². The number of hydrogen-bond donors (Lipinski definition) is 3. The van der Waals surface area contributed by atoms with Gasteiger partial charge in [0.05, 0.1) is 0 Å². The predicted molar refractivity (Wildman–Crippen MR) is 105 cm³/mol. The zero-order chi connectivity index (χ0) is 17.6. The van der Waals surface area contributed by atoms with Gasteiger partial charge in [-0.2, -0.15) is 0 Å². The first kappa shape index (κ1) is 20.2. The summed E-state index contributed by atoms with van der Waals surface area (Å²) in [6, 6.07) is 9.32. The van der Waals surface area contributed by atoms with Gasteiger partial charge in [-0.3, -0.25) is 4.79 Å². The molecule has 3 amide bonds. The van der Waals surface area contributed by atoms with Crippen LogP contribution in [0.15, 0.2) is 35.7 Å². The number of nitrogens with zero attached hydrogens (tertiary/aromatic N) is 2. The van der Waals surface area contributed by atoms with Crippen LogP contribution in [-0.4, -0.2) is 41.0 Å². The third-order valence-electron chi connectivity index (χ3n) is 4.10. The van der Waals surface area contributed by atoms with Crippen LogP contribution in [0.25, 0.3) is 0 Å². The average Bonchev–Trinajstić information content (AvgIpc) is 3.12. The molecule has 0 atom stereocenters. The summed E-state index contributed by atoms with van der Waals surface area (Å²) in [6.07, 6.45) is 1.45. The number of urea groups is 1. The third-order valence-corrected chi connectivity index (χ3v) is 4.97. The van der Waals surface area contributed by atoms with Crippen LogP contribution in [0.5, 0.6) is 0 Å².